The van der Waals surface area contributed by atoms with Crippen LogP contribution < -0.4 is 9.47 Å². The number of benzene rings is 2. The van der Waals surface area contributed by atoms with E-state index in [0.717, 1.165) is 5.52 Å². The summed E-state index contributed by atoms with van der Waals surface area (Å²) in [6.07, 6.45) is 0. The number of ether oxygens (including phenoxy) is 2. The van der Waals surface area contributed by atoms with Crippen LogP contribution in [0.15, 0.2) is 42.5 Å². The van der Waals surface area contributed by atoms with Crippen LogP contribution in [0.3, 0.4) is 0 Å². The first-order valence-corrected chi connectivity index (χ1v) is 6.87. The van der Waals surface area contributed by atoms with Crippen molar-refractivity contribution >= 4 is 16.7 Å². The molecule has 1 aliphatic rings. The van der Waals surface area contributed by atoms with Gasteiger partial charge in [-0.3, -0.25) is 4.79 Å². The molecule has 1 N–H and O–H groups in total. The predicted octanol–water partition coefficient (Wildman–Crippen LogP) is 2.84. The molecule has 0 fully saturated rings. The molecule has 4 rings (SSSR count). The number of carbonyl (C=O) groups excluding carboxylic acids is 1. The third-order valence-electron chi connectivity index (χ3n) is 3.92. The molecule has 0 spiro atoms. The molecule has 0 aliphatic carbocycles. The van der Waals surface area contributed by atoms with Crippen molar-refractivity contribution in [3.63, 3.8) is 0 Å². The van der Waals surface area contributed by atoms with Crippen molar-refractivity contribution in [1.29, 1.82) is 0 Å². The normalized spacial score (nSPS) is 12.8. The highest BCUT2D eigenvalue weighted by atomic mass is 16.7. The van der Waals surface area contributed by atoms with E-state index in [-0.39, 0.29) is 24.0 Å². The van der Waals surface area contributed by atoms with E-state index in [0.29, 0.717) is 22.4 Å². The molecule has 110 valence electrons. The fourth-order valence-corrected chi connectivity index (χ4v) is 2.79. The van der Waals surface area contributed by atoms with E-state index in [9.17, 15) is 9.90 Å². The Morgan fingerprint density at radius 3 is 2.55 bits per heavy atom. The summed E-state index contributed by atoms with van der Waals surface area (Å²) in [6.45, 7) is 0.169. The largest absolute Gasteiger partial charge is 0.505 e. The Morgan fingerprint density at radius 1 is 1.14 bits per heavy atom. The molecule has 3 aromatic rings. The molecule has 0 unspecified atom stereocenters. The minimum absolute atomic E-state index is 0.0374. The van der Waals surface area contributed by atoms with Crippen LogP contribution in [0, 0.1) is 0 Å². The Kier molecular flexibility index (Phi) is 2.63. The molecule has 5 nitrogen and oxygen atoms in total. The number of hydrogen-bond donors (Lipinski definition) is 1. The average Bonchev–Trinajstić information content (AvgIpc) is 3.09. The first-order chi connectivity index (χ1) is 10.7. The summed E-state index contributed by atoms with van der Waals surface area (Å²) >= 11 is 0. The van der Waals surface area contributed by atoms with E-state index in [1.807, 2.05) is 6.07 Å². The molecule has 0 atom stereocenters. The van der Waals surface area contributed by atoms with Gasteiger partial charge in [0.05, 0.1) is 5.52 Å². The Morgan fingerprint density at radius 2 is 1.82 bits per heavy atom. The number of hydrogen-bond acceptors (Lipinski definition) is 4. The molecule has 22 heavy (non-hydrogen) atoms. The average molecular weight is 295 g/mol. The van der Waals surface area contributed by atoms with Gasteiger partial charge in [-0.25, -0.2) is 0 Å². The van der Waals surface area contributed by atoms with E-state index < -0.39 is 0 Å². The van der Waals surface area contributed by atoms with Crippen LogP contribution in [0.25, 0.3) is 10.9 Å². The van der Waals surface area contributed by atoms with Gasteiger partial charge in [-0.05, 0) is 6.07 Å². The van der Waals surface area contributed by atoms with Crippen molar-refractivity contribution in [2.24, 2.45) is 7.05 Å². The minimum Gasteiger partial charge on any atom is -0.505 e. The maximum Gasteiger partial charge on any atom is 0.231 e. The number of rotatable bonds is 2. The number of aryl methyl sites for hydroxylation is 1. The second-order valence-corrected chi connectivity index (χ2v) is 5.17. The van der Waals surface area contributed by atoms with Gasteiger partial charge >= 0.3 is 0 Å². The molecule has 0 bridgehead atoms. The zero-order chi connectivity index (χ0) is 15.3. The fraction of sp³-hybridized carbons (Fsp3) is 0.118. The van der Waals surface area contributed by atoms with Gasteiger partial charge < -0.3 is 19.1 Å². The summed E-state index contributed by atoms with van der Waals surface area (Å²) in [6, 6.07) is 12.4. The lowest BCUT2D eigenvalue weighted by Crippen LogP contribution is -2.07. The number of aromatic hydroxyl groups is 1. The van der Waals surface area contributed by atoms with Gasteiger partial charge in [0.2, 0.25) is 12.6 Å². The van der Waals surface area contributed by atoms with Crippen LogP contribution >= 0.6 is 0 Å². The summed E-state index contributed by atoms with van der Waals surface area (Å²) < 4.78 is 12.4. The summed E-state index contributed by atoms with van der Waals surface area (Å²) in [7, 11) is 1.75. The van der Waals surface area contributed by atoms with Crippen molar-refractivity contribution in [2.45, 2.75) is 0 Å². The SMILES string of the molecule is Cn1c(C(=O)c2ccccc2)c(O)c2cc3c(cc21)OCO3. The van der Waals surface area contributed by atoms with E-state index in [4.69, 9.17) is 9.47 Å². The van der Waals surface area contributed by atoms with Crippen molar-refractivity contribution in [1.82, 2.24) is 4.57 Å². The van der Waals surface area contributed by atoms with E-state index >= 15 is 0 Å². The minimum atomic E-state index is -0.223. The second kappa shape index (κ2) is 4.53. The Balaban J connectivity index is 1.94. The van der Waals surface area contributed by atoms with Crippen molar-refractivity contribution in [3.8, 4) is 17.2 Å². The van der Waals surface area contributed by atoms with Gasteiger partial charge in [-0.1, -0.05) is 30.3 Å². The first kappa shape index (κ1) is 12.8. The monoisotopic (exact) mass is 295 g/mol. The molecule has 2 heterocycles. The maximum atomic E-state index is 12.7. The first-order valence-electron chi connectivity index (χ1n) is 6.87. The molecule has 5 heteroatoms. The van der Waals surface area contributed by atoms with Gasteiger partial charge in [0.25, 0.3) is 0 Å². The topological polar surface area (TPSA) is 60.7 Å². The van der Waals surface area contributed by atoms with E-state index in [1.165, 1.54) is 0 Å². The highest BCUT2D eigenvalue weighted by Gasteiger charge is 2.25. The molecule has 0 amide bonds. The highest BCUT2D eigenvalue weighted by Crippen LogP contribution is 2.41. The second-order valence-electron chi connectivity index (χ2n) is 5.17. The van der Waals surface area contributed by atoms with Crippen LogP contribution in [-0.2, 0) is 7.05 Å². The Hall–Kier alpha value is -2.95. The van der Waals surface area contributed by atoms with Crippen LogP contribution in [0.4, 0.5) is 0 Å². The van der Waals surface area contributed by atoms with E-state index in [1.54, 1.807) is 48.0 Å². The van der Waals surface area contributed by atoms with Crippen LogP contribution in [-0.4, -0.2) is 22.2 Å². The molecular formula is C17H13NO4. The van der Waals surface area contributed by atoms with Crippen LogP contribution in [0.1, 0.15) is 16.1 Å². The Bertz CT molecular complexity index is 849. The third kappa shape index (κ3) is 1.69. The highest BCUT2D eigenvalue weighted by molar-refractivity contribution is 6.13. The molecule has 0 saturated carbocycles. The van der Waals surface area contributed by atoms with Gasteiger partial charge in [0.15, 0.2) is 17.2 Å². The summed E-state index contributed by atoms with van der Waals surface area (Å²) in [5, 5.41) is 11.1. The van der Waals surface area contributed by atoms with Gasteiger partial charge in [-0.2, -0.15) is 0 Å². The molecular weight excluding hydrogens is 282 g/mol. The summed E-state index contributed by atoms with van der Waals surface area (Å²) in [5.41, 5.74) is 1.51. The lowest BCUT2D eigenvalue weighted by molar-refractivity contribution is 0.102. The molecule has 0 saturated heterocycles. The van der Waals surface area contributed by atoms with Gasteiger partial charge in [0, 0.05) is 24.1 Å². The Labute approximate surface area is 126 Å². The smallest absolute Gasteiger partial charge is 0.231 e. The van der Waals surface area contributed by atoms with Crippen molar-refractivity contribution in [2.75, 3.05) is 6.79 Å². The number of carbonyl (C=O) groups is 1. The zero-order valence-corrected chi connectivity index (χ0v) is 11.9. The lowest BCUT2D eigenvalue weighted by Gasteiger charge is -2.04. The molecule has 2 aromatic carbocycles. The van der Waals surface area contributed by atoms with Crippen LogP contribution in [0.5, 0.6) is 17.2 Å². The zero-order valence-electron chi connectivity index (χ0n) is 11.9. The molecule has 1 aliphatic heterocycles. The third-order valence-corrected chi connectivity index (χ3v) is 3.92. The van der Waals surface area contributed by atoms with Gasteiger partial charge in [0.1, 0.15) is 5.69 Å². The number of nitrogens with zero attached hydrogens (tertiary/aromatic N) is 1. The van der Waals surface area contributed by atoms with Gasteiger partial charge in [-0.15, -0.1) is 0 Å². The van der Waals surface area contributed by atoms with Crippen molar-refractivity contribution < 1.29 is 19.4 Å². The maximum absolute atomic E-state index is 12.7. The lowest BCUT2D eigenvalue weighted by atomic mass is 10.1. The summed E-state index contributed by atoms with van der Waals surface area (Å²) in [4.78, 5) is 12.7. The van der Waals surface area contributed by atoms with Crippen LogP contribution in [0.2, 0.25) is 0 Å². The molecule has 0 radical (unpaired) electrons. The van der Waals surface area contributed by atoms with E-state index in [2.05, 4.69) is 0 Å². The van der Waals surface area contributed by atoms with Crippen molar-refractivity contribution in [3.05, 3.63) is 53.7 Å². The predicted molar refractivity (Wildman–Crippen MR) is 80.6 cm³/mol. The molecule has 1 aromatic heterocycles. The number of fused-ring (bicyclic) bond motifs is 2. The standard InChI is InChI=1S/C17H13NO4/c1-18-12-8-14-13(21-9-22-14)7-11(12)17(20)15(18)16(19)10-5-3-2-4-6-10/h2-8,20H,9H2,1H3. The fourth-order valence-electron chi connectivity index (χ4n) is 2.79. The number of aromatic nitrogens is 1. The number of ketones is 1. The quantitative estimate of drug-likeness (QED) is 0.739. The summed E-state index contributed by atoms with van der Waals surface area (Å²) in [5.74, 6) is 0.933.